The molecule has 0 aliphatic rings. The Labute approximate surface area is 44.9 Å². The molecule has 0 bridgehead atoms. The van der Waals surface area contributed by atoms with E-state index in [9.17, 15) is 0 Å². The van der Waals surface area contributed by atoms with Gasteiger partial charge >= 0.3 is 0 Å². The van der Waals surface area contributed by atoms with E-state index >= 15 is 0 Å². The maximum Gasteiger partial charge on any atom is 0.0520 e. The van der Waals surface area contributed by atoms with E-state index < -0.39 is 0 Å². The predicted molar refractivity (Wildman–Crippen MR) is 31.7 cm³/mol. The van der Waals surface area contributed by atoms with Crippen molar-refractivity contribution in [3.63, 3.8) is 0 Å². The third-order valence-corrected chi connectivity index (χ3v) is 0.891. The molecule has 44 valence electrons. The third kappa shape index (κ3) is 5.92. The van der Waals surface area contributed by atoms with Gasteiger partial charge in [0, 0.05) is 0 Å². The maximum absolute atomic E-state index is 5.26. The lowest BCUT2D eigenvalue weighted by molar-refractivity contribution is 0.595. The highest BCUT2D eigenvalue weighted by atomic mass is 14.8. The molecule has 0 aromatic rings. The largest absolute Gasteiger partial charge is 0.316 e. The van der Waals surface area contributed by atoms with Crippen molar-refractivity contribution in [1.82, 2.24) is 0 Å². The summed E-state index contributed by atoms with van der Waals surface area (Å²) in [6, 6.07) is 0. The Bertz CT molecular complexity index is 35.1. The van der Waals surface area contributed by atoms with Crippen LogP contribution >= 0.6 is 0 Å². The summed E-state index contributed by atoms with van der Waals surface area (Å²) in [6.45, 7) is 2.13. The topological polar surface area (TPSA) is 52.0 Å². The van der Waals surface area contributed by atoms with Gasteiger partial charge in [-0.1, -0.05) is 19.8 Å². The van der Waals surface area contributed by atoms with Crippen LogP contribution in [0.25, 0.3) is 0 Å². The van der Waals surface area contributed by atoms with Gasteiger partial charge in [-0.15, -0.1) is 0 Å². The van der Waals surface area contributed by atoms with Gasteiger partial charge in [0.1, 0.15) is 0 Å². The fourth-order valence-electron chi connectivity index (χ4n) is 0.440. The van der Waals surface area contributed by atoms with Crippen LogP contribution in [0.15, 0.2) is 0 Å². The van der Waals surface area contributed by atoms with Crippen molar-refractivity contribution in [3.05, 3.63) is 0 Å². The van der Waals surface area contributed by atoms with Crippen LogP contribution in [0.2, 0.25) is 0 Å². The van der Waals surface area contributed by atoms with Crippen molar-refractivity contribution in [2.45, 2.75) is 32.4 Å². The van der Waals surface area contributed by atoms with Crippen molar-refractivity contribution in [1.29, 1.82) is 0 Å². The zero-order valence-corrected chi connectivity index (χ0v) is 4.85. The van der Waals surface area contributed by atoms with Gasteiger partial charge in [0.15, 0.2) is 0 Å². The molecule has 7 heavy (non-hydrogen) atoms. The fourth-order valence-corrected chi connectivity index (χ4v) is 0.440. The molecule has 0 fully saturated rings. The lowest BCUT2D eigenvalue weighted by atomic mass is 10.2. The van der Waals surface area contributed by atoms with E-state index in [0.717, 1.165) is 12.8 Å². The average molecular weight is 102 g/mol. The molecule has 0 saturated heterocycles. The minimum absolute atomic E-state index is 0.0973. The molecule has 0 aromatic carbocycles. The zero-order valence-electron chi connectivity index (χ0n) is 4.85. The Kier molecular flexibility index (Phi) is 4.04. The van der Waals surface area contributed by atoms with Crippen LogP contribution in [0.5, 0.6) is 0 Å². The molecule has 0 amide bonds. The molecule has 0 atom stereocenters. The molecule has 4 N–H and O–H groups in total. The molecule has 0 spiro atoms. The Hall–Kier alpha value is -0.0800. The highest BCUT2D eigenvalue weighted by Crippen LogP contribution is 1.91. The van der Waals surface area contributed by atoms with E-state index in [0.29, 0.717) is 0 Å². The monoisotopic (exact) mass is 102 g/mol. The first kappa shape index (κ1) is 6.92. The van der Waals surface area contributed by atoms with E-state index in [1.54, 1.807) is 0 Å². The second-order valence-electron chi connectivity index (χ2n) is 1.81. The first-order chi connectivity index (χ1) is 3.27. The summed E-state index contributed by atoms with van der Waals surface area (Å²) in [5.41, 5.74) is 10.5. The predicted octanol–water partition coefficient (Wildman–Crippen LogP) is 0.420. The SMILES string of the molecule is CCCCC(N)N. The minimum atomic E-state index is -0.0973. The maximum atomic E-state index is 5.26. The summed E-state index contributed by atoms with van der Waals surface area (Å²) in [5.74, 6) is 0. The molecule has 0 aliphatic heterocycles. The number of nitrogens with two attached hydrogens (primary N) is 2. The standard InChI is InChI=1S/C5H14N2/c1-2-3-4-5(6)7/h5H,2-4,6-7H2,1H3. The van der Waals surface area contributed by atoms with Crippen LogP contribution in [0.3, 0.4) is 0 Å². The average Bonchev–Trinajstić information content (AvgIpc) is 1.61. The summed E-state index contributed by atoms with van der Waals surface area (Å²) < 4.78 is 0. The second kappa shape index (κ2) is 4.09. The number of hydrogen-bond donors (Lipinski definition) is 2. The van der Waals surface area contributed by atoms with Crippen molar-refractivity contribution in [2.75, 3.05) is 0 Å². The van der Waals surface area contributed by atoms with Crippen LogP contribution < -0.4 is 11.5 Å². The Balaban J connectivity index is 2.68. The van der Waals surface area contributed by atoms with Gasteiger partial charge in [-0.2, -0.15) is 0 Å². The summed E-state index contributed by atoms with van der Waals surface area (Å²) in [5, 5.41) is 0. The molecule has 0 radical (unpaired) electrons. The Morgan fingerprint density at radius 2 is 2.00 bits per heavy atom. The van der Waals surface area contributed by atoms with Crippen LogP contribution in [0, 0.1) is 0 Å². The lowest BCUT2D eigenvalue weighted by Crippen LogP contribution is -2.29. The van der Waals surface area contributed by atoms with Crippen LogP contribution in [0.1, 0.15) is 26.2 Å². The molecule has 2 nitrogen and oxygen atoms in total. The normalized spacial score (nSPS) is 10.3. The molecule has 0 heterocycles. The molecule has 0 aromatic heterocycles. The van der Waals surface area contributed by atoms with Gasteiger partial charge in [0.05, 0.1) is 6.17 Å². The van der Waals surface area contributed by atoms with Gasteiger partial charge in [-0.3, -0.25) is 0 Å². The van der Waals surface area contributed by atoms with E-state index in [4.69, 9.17) is 11.5 Å². The van der Waals surface area contributed by atoms with Crippen molar-refractivity contribution >= 4 is 0 Å². The first-order valence-corrected chi connectivity index (χ1v) is 2.78. The summed E-state index contributed by atoms with van der Waals surface area (Å²) in [4.78, 5) is 0. The van der Waals surface area contributed by atoms with Crippen molar-refractivity contribution < 1.29 is 0 Å². The van der Waals surface area contributed by atoms with Crippen LogP contribution in [-0.4, -0.2) is 6.17 Å². The number of rotatable bonds is 3. The fraction of sp³-hybridized carbons (Fsp3) is 1.00. The van der Waals surface area contributed by atoms with E-state index in [2.05, 4.69) is 6.92 Å². The van der Waals surface area contributed by atoms with E-state index in [-0.39, 0.29) is 6.17 Å². The molecule has 0 saturated carbocycles. The smallest absolute Gasteiger partial charge is 0.0520 e. The van der Waals surface area contributed by atoms with Gasteiger partial charge < -0.3 is 11.5 Å². The third-order valence-electron chi connectivity index (χ3n) is 0.891. The summed E-state index contributed by atoms with van der Waals surface area (Å²) >= 11 is 0. The Morgan fingerprint density at radius 3 is 2.14 bits per heavy atom. The van der Waals surface area contributed by atoms with Crippen LogP contribution in [0.4, 0.5) is 0 Å². The molecule has 0 unspecified atom stereocenters. The number of unbranched alkanes of at least 4 members (excludes halogenated alkanes) is 1. The second-order valence-corrected chi connectivity index (χ2v) is 1.81. The molecular weight excluding hydrogens is 88.1 g/mol. The molecule has 2 heteroatoms. The van der Waals surface area contributed by atoms with Gasteiger partial charge in [-0.25, -0.2) is 0 Å². The summed E-state index contributed by atoms with van der Waals surface area (Å²) in [6.07, 6.45) is 3.19. The highest BCUT2D eigenvalue weighted by Gasteiger charge is 1.88. The van der Waals surface area contributed by atoms with Gasteiger partial charge in [0.25, 0.3) is 0 Å². The number of hydrogen-bond acceptors (Lipinski definition) is 2. The molecule has 0 rings (SSSR count). The van der Waals surface area contributed by atoms with Gasteiger partial charge in [-0.05, 0) is 6.42 Å². The van der Waals surface area contributed by atoms with Crippen LogP contribution in [-0.2, 0) is 0 Å². The minimum Gasteiger partial charge on any atom is -0.316 e. The molecular formula is C5H14N2. The first-order valence-electron chi connectivity index (χ1n) is 2.78. The van der Waals surface area contributed by atoms with Crippen molar-refractivity contribution in [2.24, 2.45) is 11.5 Å². The lowest BCUT2D eigenvalue weighted by Gasteiger charge is -2.00. The molecule has 0 aliphatic carbocycles. The summed E-state index contributed by atoms with van der Waals surface area (Å²) in [7, 11) is 0. The van der Waals surface area contributed by atoms with E-state index in [1.807, 2.05) is 0 Å². The highest BCUT2D eigenvalue weighted by molar-refractivity contribution is 4.48. The Morgan fingerprint density at radius 1 is 1.43 bits per heavy atom. The van der Waals surface area contributed by atoms with E-state index in [1.165, 1.54) is 6.42 Å². The zero-order chi connectivity index (χ0) is 5.70. The van der Waals surface area contributed by atoms with Crippen molar-refractivity contribution in [3.8, 4) is 0 Å². The quantitative estimate of drug-likeness (QED) is 0.507. The van der Waals surface area contributed by atoms with Gasteiger partial charge in [0.2, 0.25) is 0 Å².